The second kappa shape index (κ2) is 7.32. The molecule has 0 saturated carbocycles. The molecule has 0 aliphatic carbocycles. The van der Waals surface area contributed by atoms with Crippen LogP contribution in [0, 0.1) is 0 Å². The number of benzene rings is 1. The highest BCUT2D eigenvalue weighted by molar-refractivity contribution is 5.69. The molecule has 1 heterocycles. The summed E-state index contributed by atoms with van der Waals surface area (Å²) in [5.74, 6) is 0. The van der Waals surface area contributed by atoms with Crippen LogP contribution in [0.1, 0.15) is 32.8 Å². The van der Waals surface area contributed by atoms with Crippen molar-refractivity contribution >= 4 is 6.09 Å². The number of carbonyl (C=O) groups is 1. The van der Waals surface area contributed by atoms with Crippen LogP contribution in [0.15, 0.2) is 30.3 Å². The van der Waals surface area contributed by atoms with Gasteiger partial charge in [0.25, 0.3) is 0 Å². The Morgan fingerprint density at radius 2 is 2.00 bits per heavy atom. The first kappa shape index (κ1) is 17.8. The molecular formula is C18H28N2O3. The Kier molecular flexibility index (Phi) is 5.65. The van der Waals surface area contributed by atoms with Gasteiger partial charge in [-0.05, 0) is 39.8 Å². The molecule has 1 saturated heterocycles. The predicted octanol–water partition coefficient (Wildman–Crippen LogP) is 2.49. The molecule has 1 aromatic carbocycles. The molecule has 1 amide bonds. The summed E-state index contributed by atoms with van der Waals surface area (Å²) in [4.78, 5) is 16.2. The molecule has 1 aliphatic rings. The third kappa shape index (κ3) is 4.94. The van der Waals surface area contributed by atoms with Crippen molar-refractivity contribution < 1.29 is 14.6 Å². The van der Waals surface area contributed by atoms with Gasteiger partial charge in [-0.25, -0.2) is 4.79 Å². The molecule has 1 N–H and O–H groups in total. The number of aliphatic hydroxyl groups is 1. The Morgan fingerprint density at radius 3 is 2.57 bits per heavy atom. The van der Waals surface area contributed by atoms with Crippen molar-refractivity contribution in [2.75, 3.05) is 20.2 Å². The summed E-state index contributed by atoms with van der Waals surface area (Å²) in [7, 11) is 2.06. The molecule has 0 spiro atoms. The van der Waals surface area contributed by atoms with Crippen molar-refractivity contribution in [2.24, 2.45) is 0 Å². The standard InChI is InChI=1S/C18H28N2O3/c1-18(2,3)23-17(22)20-12-15(10-16(20)13-21)19(4)11-14-8-6-5-7-9-14/h5-9,15-16,21H,10-13H2,1-4H3/t15-,16-/m1/s1. The predicted molar refractivity (Wildman–Crippen MR) is 90.1 cm³/mol. The van der Waals surface area contributed by atoms with Gasteiger partial charge in [0, 0.05) is 19.1 Å². The Bertz CT molecular complexity index is 513. The molecule has 1 aromatic rings. The second-order valence-corrected chi connectivity index (χ2v) is 7.26. The normalized spacial score (nSPS) is 21.7. The first-order valence-electron chi connectivity index (χ1n) is 8.15. The summed E-state index contributed by atoms with van der Waals surface area (Å²) in [6.45, 7) is 6.94. The highest BCUT2D eigenvalue weighted by Crippen LogP contribution is 2.24. The van der Waals surface area contributed by atoms with Gasteiger partial charge in [-0.1, -0.05) is 30.3 Å². The number of hydrogen-bond acceptors (Lipinski definition) is 4. The maximum Gasteiger partial charge on any atom is 0.410 e. The number of carbonyl (C=O) groups excluding carboxylic acids is 1. The van der Waals surface area contributed by atoms with Crippen molar-refractivity contribution in [1.29, 1.82) is 0 Å². The van der Waals surface area contributed by atoms with E-state index in [1.807, 2.05) is 39.0 Å². The van der Waals surface area contributed by atoms with Crippen LogP contribution in [0.5, 0.6) is 0 Å². The molecule has 1 aliphatic heterocycles. The molecule has 5 nitrogen and oxygen atoms in total. The zero-order valence-electron chi connectivity index (χ0n) is 14.5. The number of rotatable bonds is 4. The van der Waals surface area contributed by atoms with Gasteiger partial charge >= 0.3 is 6.09 Å². The fourth-order valence-electron chi connectivity index (χ4n) is 2.93. The average Bonchev–Trinajstić information content (AvgIpc) is 2.91. The van der Waals surface area contributed by atoms with Crippen LogP contribution in [0.3, 0.4) is 0 Å². The number of ether oxygens (including phenoxy) is 1. The molecule has 1 fully saturated rings. The Balaban J connectivity index is 1.99. The van der Waals surface area contributed by atoms with E-state index in [0.29, 0.717) is 6.54 Å². The van der Waals surface area contributed by atoms with E-state index in [-0.39, 0.29) is 24.8 Å². The van der Waals surface area contributed by atoms with E-state index < -0.39 is 5.60 Å². The lowest BCUT2D eigenvalue weighted by molar-refractivity contribution is 0.0169. The Labute approximate surface area is 138 Å². The van der Waals surface area contributed by atoms with Gasteiger partial charge in [0.1, 0.15) is 5.60 Å². The molecule has 2 rings (SSSR count). The largest absolute Gasteiger partial charge is 0.444 e. The molecule has 128 valence electrons. The van der Waals surface area contributed by atoms with Crippen molar-refractivity contribution in [1.82, 2.24) is 9.80 Å². The van der Waals surface area contributed by atoms with Crippen LogP contribution in [0.25, 0.3) is 0 Å². The van der Waals surface area contributed by atoms with E-state index >= 15 is 0 Å². The summed E-state index contributed by atoms with van der Waals surface area (Å²) in [6, 6.07) is 10.3. The van der Waals surface area contributed by atoms with Crippen LogP contribution in [-0.4, -0.2) is 58.9 Å². The summed E-state index contributed by atoms with van der Waals surface area (Å²) in [6.07, 6.45) is 0.422. The van der Waals surface area contributed by atoms with Crippen molar-refractivity contribution in [2.45, 2.75) is 51.4 Å². The van der Waals surface area contributed by atoms with E-state index in [2.05, 4.69) is 24.1 Å². The summed E-state index contributed by atoms with van der Waals surface area (Å²) in [5, 5.41) is 9.60. The number of nitrogens with zero attached hydrogens (tertiary/aromatic N) is 2. The Hall–Kier alpha value is -1.59. The molecule has 0 unspecified atom stereocenters. The number of likely N-dealkylation sites (tertiary alicyclic amines) is 1. The quantitative estimate of drug-likeness (QED) is 0.926. The first-order valence-corrected chi connectivity index (χ1v) is 8.15. The van der Waals surface area contributed by atoms with E-state index in [9.17, 15) is 9.90 Å². The number of hydrogen-bond donors (Lipinski definition) is 1. The fourth-order valence-corrected chi connectivity index (χ4v) is 2.93. The monoisotopic (exact) mass is 320 g/mol. The minimum atomic E-state index is -0.523. The topological polar surface area (TPSA) is 53.0 Å². The second-order valence-electron chi connectivity index (χ2n) is 7.26. The molecular weight excluding hydrogens is 292 g/mol. The minimum Gasteiger partial charge on any atom is -0.444 e. The van der Waals surface area contributed by atoms with E-state index in [1.165, 1.54) is 5.56 Å². The molecule has 0 radical (unpaired) electrons. The van der Waals surface area contributed by atoms with Crippen molar-refractivity contribution in [3.8, 4) is 0 Å². The molecule has 5 heteroatoms. The van der Waals surface area contributed by atoms with Gasteiger partial charge in [0.2, 0.25) is 0 Å². The SMILES string of the molecule is CN(Cc1ccccc1)[C@@H]1C[C@H](CO)N(C(=O)OC(C)(C)C)C1. The summed E-state index contributed by atoms with van der Waals surface area (Å²) < 4.78 is 5.46. The summed E-state index contributed by atoms with van der Waals surface area (Å²) in [5.41, 5.74) is 0.719. The van der Waals surface area contributed by atoms with Crippen LogP contribution < -0.4 is 0 Å². The van der Waals surface area contributed by atoms with Crippen LogP contribution in [-0.2, 0) is 11.3 Å². The van der Waals surface area contributed by atoms with E-state index in [4.69, 9.17) is 4.74 Å². The average molecular weight is 320 g/mol. The van der Waals surface area contributed by atoms with Crippen LogP contribution >= 0.6 is 0 Å². The third-order valence-electron chi connectivity index (χ3n) is 4.13. The van der Waals surface area contributed by atoms with Gasteiger partial charge in [-0.15, -0.1) is 0 Å². The van der Waals surface area contributed by atoms with Gasteiger partial charge in [-0.2, -0.15) is 0 Å². The lowest BCUT2D eigenvalue weighted by Gasteiger charge is -2.28. The number of likely N-dealkylation sites (N-methyl/N-ethyl adjacent to an activating group) is 1. The van der Waals surface area contributed by atoms with Crippen LogP contribution in [0.4, 0.5) is 4.79 Å². The molecule has 0 bridgehead atoms. The highest BCUT2D eigenvalue weighted by atomic mass is 16.6. The van der Waals surface area contributed by atoms with Gasteiger partial charge in [-0.3, -0.25) is 4.90 Å². The van der Waals surface area contributed by atoms with Crippen molar-refractivity contribution in [3.05, 3.63) is 35.9 Å². The summed E-state index contributed by atoms with van der Waals surface area (Å²) >= 11 is 0. The van der Waals surface area contributed by atoms with E-state index in [1.54, 1.807) is 4.90 Å². The number of aliphatic hydroxyl groups excluding tert-OH is 1. The first-order chi connectivity index (χ1) is 10.8. The smallest absolute Gasteiger partial charge is 0.410 e. The van der Waals surface area contributed by atoms with Gasteiger partial charge in [0.15, 0.2) is 0 Å². The third-order valence-corrected chi connectivity index (χ3v) is 4.13. The number of amides is 1. The lowest BCUT2D eigenvalue weighted by Crippen LogP contribution is -2.42. The van der Waals surface area contributed by atoms with Crippen molar-refractivity contribution in [3.63, 3.8) is 0 Å². The maximum absolute atomic E-state index is 12.3. The van der Waals surface area contributed by atoms with Crippen LogP contribution in [0.2, 0.25) is 0 Å². The molecule has 23 heavy (non-hydrogen) atoms. The zero-order chi connectivity index (χ0) is 17.0. The molecule has 2 atom stereocenters. The van der Waals surface area contributed by atoms with Gasteiger partial charge < -0.3 is 14.7 Å². The maximum atomic E-state index is 12.3. The lowest BCUT2D eigenvalue weighted by atomic mass is 10.1. The minimum absolute atomic E-state index is 0.0328. The Morgan fingerprint density at radius 1 is 1.35 bits per heavy atom. The highest BCUT2D eigenvalue weighted by Gasteiger charge is 2.38. The zero-order valence-corrected chi connectivity index (χ0v) is 14.5. The molecule has 0 aromatic heterocycles. The van der Waals surface area contributed by atoms with Gasteiger partial charge in [0.05, 0.1) is 12.6 Å². The van der Waals surface area contributed by atoms with E-state index in [0.717, 1.165) is 13.0 Å². The fraction of sp³-hybridized carbons (Fsp3) is 0.611.